The molecule has 1 atom stereocenters. The van der Waals surface area contributed by atoms with Crippen LogP contribution in [0.1, 0.15) is 13.8 Å². The van der Waals surface area contributed by atoms with Crippen LogP contribution in [0, 0.1) is 0 Å². The van der Waals surface area contributed by atoms with Crippen molar-refractivity contribution in [1.29, 1.82) is 0 Å². The predicted octanol–water partition coefficient (Wildman–Crippen LogP) is 1.81. The molecule has 0 aliphatic rings. The van der Waals surface area contributed by atoms with Crippen molar-refractivity contribution >= 4 is 0 Å². The summed E-state index contributed by atoms with van der Waals surface area (Å²) in [6.07, 6.45) is 0. The van der Waals surface area contributed by atoms with E-state index in [0.717, 1.165) is 11.5 Å². The first kappa shape index (κ1) is 10.9. The SMILES string of the molecule is CCOc1ccc(OC[C@H](C)N)cc1. The molecule has 0 spiro atoms. The normalized spacial score (nSPS) is 12.2. The number of benzene rings is 1. The van der Waals surface area contributed by atoms with E-state index in [1.54, 1.807) is 0 Å². The number of nitrogens with two attached hydrogens (primary N) is 1. The van der Waals surface area contributed by atoms with Crippen molar-refractivity contribution in [2.45, 2.75) is 19.9 Å². The van der Waals surface area contributed by atoms with Crippen LogP contribution in [0.15, 0.2) is 24.3 Å². The Hall–Kier alpha value is -1.22. The molecule has 3 nitrogen and oxygen atoms in total. The summed E-state index contributed by atoms with van der Waals surface area (Å²) in [5.41, 5.74) is 5.57. The largest absolute Gasteiger partial charge is 0.494 e. The third-order valence-electron chi connectivity index (χ3n) is 1.65. The molecule has 3 heteroatoms. The molecule has 1 aromatic rings. The van der Waals surface area contributed by atoms with Crippen LogP contribution in [0.2, 0.25) is 0 Å². The molecule has 0 radical (unpaired) electrons. The molecular weight excluding hydrogens is 178 g/mol. The Balaban J connectivity index is 2.46. The maximum absolute atomic E-state index is 5.57. The maximum atomic E-state index is 5.57. The van der Waals surface area contributed by atoms with Gasteiger partial charge in [-0.25, -0.2) is 0 Å². The Morgan fingerprint density at radius 3 is 2.07 bits per heavy atom. The zero-order valence-corrected chi connectivity index (χ0v) is 8.69. The van der Waals surface area contributed by atoms with E-state index in [1.807, 2.05) is 38.1 Å². The van der Waals surface area contributed by atoms with Gasteiger partial charge in [-0.2, -0.15) is 0 Å². The van der Waals surface area contributed by atoms with Gasteiger partial charge in [0.25, 0.3) is 0 Å². The highest BCUT2D eigenvalue weighted by Crippen LogP contribution is 2.17. The minimum absolute atomic E-state index is 0.0570. The third-order valence-corrected chi connectivity index (χ3v) is 1.65. The monoisotopic (exact) mass is 195 g/mol. The van der Waals surface area contributed by atoms with E-state index in [4.69, 9.17) is 15.2 Å². The fraction of sp³-hybridized carbons (Fsp3) is 0.455. The smallest absolute Gasteiger partial charge is 0.119 e. The van der Waals surface area contributed by atoms with E-state index >= 15 is 0 Å². The molecule has 0 saturated heterocycles. The van der Waals surface area contributed by atoms with Gasteiger partial charge in [-0.1, -0.05) is 0 Å². The summed E-state index contributed by atoms with van der Waals surface area (Å²) >= 11 is 0. The summed E-state index contributed by atoms with van der Waals surface area (Å²) < 4.78 is 10.7. The molecule has 0 saturated carbocycles. The molecule has 1 aromatic carbocycles. The van der Waals surface area contributed by atoms with Crippen molar-refractivity contribution in [3.05, 3.63) is 24.3 Å². The lowest BCUT2D eigenvalue weighted by molar-refractivity contribution is 0.294. The van der Waals surface area contributed by atoms with Gasteiger partial charge in [0.2, 0.25) is 0 Å². The van der Waals surface area contributed by atoms with Gasteiger partial charge >= 0.3 is 0 Å². The zero-order chi connectivity index (χ0) is 10.4. The van der Waals surface area contributed by atoms with Crippen molar-refractivity contribution in [1.82, 2.24) is 0 Å². The summed E-state index contributed by atoms with van der Waals surface area (Å²) in [5, 5.41) is 0. The molecule has 0 fully saturated rings. The summed E-state index contributed by atoms with van der Waals surface area (Å²) in [6.45, 7) is 5.09. The molecule has 0 amide bonds. The minimum atomic E-state index is 0.0570. The molecule has 0 heterocycles. The summed E-state index contributed by atoms with van der Waals surface area (Å²) in [5.74, 6) is 1.69. The fourth-order valence-electron chi connectivity index (χ4n) is 1.03. The Bertz CT molecular complexity index is 256. The Morgan fingerprint density at radius 1 is 1.14 bits per heavy atom. The molecule has 0 aromatic heterocycles. The third kappa shape index (κ3) is 3.66. The number of rotatable bonds is 5. The number of ether oxygens (including phenoxy) is 2. The van der Waals surface area contributed by atoms with E-state index in [9.17, 15) is 0 Å². The molecule has 14 heavy (non-hydrogen) atoms. The second-order valence-electron chi connectivity index (χ2n) is 3.19. The number of hydrogen-bond donors (Lipinski definition) is 1. The van der Waals surface area contributed by atoms with Crippen LogP contribution >= 0.6 is 0 Å². The van der Waals surface area contributed by atoms with E-state index in [-0.39, 0.29) is 6.04 Å². The first-order valence-electron chi connectivity index (χ1n) is 4.83. The molecule has 2 N–H and O–H groups in total. The summed E-state index contributed by atoms with van der Waals surface area (Å²) in [6, 6.07) is 7.60. The van der Waals surface area contributed by atoms with E-state index in [1.165, 1.54) is 0 Å². The average Bonchev–Trinajstić information content (AvgIpc) is 2.17. The van der Waals surface area contributed by atoms with Crippen molar-refractivity contribution in [2.24, 2.45) is 5.73 Å². The van der Waals surface area contributed by atoms with Crippen LogP contribution in [-0.4, -0.2) is 19.3 Å². The average molecular weight is 195 g/mol. The van der Waals surface area contributed by atoms with Crippen LogP contribution in [0.3, 0.4) is 0 Å². The van der Waals surface area contributed by atoms with Gasteiger partial charge < -0.3 is 15.2 Å². The van der Waals surface area contributed by atoms with Crippen LogP contribution in [0.5, 0.6) is 11.5 Å². The fourth-order valence-corrected chi connectivity index (χ4v) is 1.03. The second kappa shape index (κ2) is 5.50. The number of hydrogen-bond acceptors (Lipinski definition) is 3. The quantitative estimate of drug-likeness (QED) is 0.779. The summed E-state index contributed by atoms with van der Waals surface area (Å²) in [4.78, 5) is 0. The molecule has 0 unspecified atom stereocenters. The van der Waals surface area contributed by atoms with Gasteiger partial charge in [0.05, 0.1) is 6.61 Å². The highest BCUT2D eigenvalue weighted by atomic mass is 16.5. The zero-order valence-electron chi connectivity index (χ0n) is 8.69. The topological polar surface area (TPSA) is 44.5 Å². The lowest BCUT2D eigenvalue weighted by atomic mass is 10.3. The van der Waals surface area contributed by atoms with Crippen molar-refractivity contribution < 1.29 is 9.47 Å². The van der Waals surface area contributed by atoms with E-state index < -0.39 is 0 Å². The molecule has 0 aliphatic carbocycles. The highest BCUT2D eigenvalue weighted by Gasteiger charge is 1.97. The van der Waals surface area contributed by atoms with Crippen LogP contribution < -0.4 is 15.2 Å². The van der Waals surface area contributed by atoms with Gasteiger partial charge in [-0.05, 0) is 38.1 Å². The van der Waals surface area contributed by atoms with Crippen molar-refractivity contribution in [3.63, 3.8) is 0 Å². The predicted molar refractivity (Wildman–Crippen MR) is 56.8 cm³/mol. The van der Waals surface area contributed by atoms with Crippen molar-refractivity contribution in [3.8, 4) is 11.5 Å². The van der Waals surface area contributed by atoms with E-state index in [0.29, 0.717) is 13.2 Å². The lowest BCUT2D eigenvalue weighted by Gasteiger charge is -2.09. The van der Waals surface area contributed by atoms with Gasteiger partial charge in [0.15, 0.2) is 0 Å². The molecule has 0 aliphatic heterocycles. The Kier molecular flexibility index (Phi) is 4.26. The molecule has 1 rings (SSSR count). The minimum Gasteiger partial charge on any atom is -0.494 e. The van der Waals surface area contributed by atoms with Crippen LogP contribution in [0.4, 0.5) is 0 Å². The van der Waals surface area contributed by atoms with Crippen LogP contribution in [-0.2, 0) is 0 Å². The Labute approximate surface area is 84.8 Å². The lowest BCUT2D eigenvalue weighted by Crippen LogP contribution is -2.23. The van der Waals surface area contributed by atoms with Gasteiger partial charge in [0.1, 0.15) is 18.1 Å². The molecule has 78 valence electrons. The maximum Gasteiger partial charge on any atom is 0.119 e. The second-order valence-corrected chi connectivity index (χ2v) is 3.19. The standard InChI is InChI=1S/C11H17NO2/c1-3-13-10-4-6-11(7-5-10)14-8-9(2)12/h4-7,9H,3,8,12H2,1-2H3/t9-/m0/s1. The van der Waals surface area contributed by atoms with Crippen LogP contribution in [0.25, 0.3) is 0 Å². The first-order valence-corrected chi connectivity index (χ1v) is 4.83. The van der Waals surface area contributed by atoms with Gasteiger partial charge in [-0.3, -0.25) is 0 Å². The summed E-state index contributed by atoms with van der Waals surface area (Å²) in [7, 11) is 0. The Morgan fingerprint density at radius 2 is 1.64 bits per heavy atom. The molecule has 0 bridgehead atoms. The molecular formula is C11H17NO2. The first-order chi connectivity index (χ1) is 6.72. The van der Waals surface area contributed by atoms with Crippen molar-refractivity contribution in [2.75, 3.05) is 13.2 Å². The van der Waals surface area contributed by atoms with Gasteiger partial charge in [-0.15, -0.1) is 0 Å². The highest BCUT2D eigenvalue weighted by molar-refractivity contribution is 5.31. The van der Waals surface area contributed by atoms with E-state index in [2.05, 4.69) is 0 Å². The van der Waals surface area contributed by atoms with Gasteiger partial charge in [0, 0.05) is 6.04 Å².